The maximum atomic E-state index is 3.61. The van der Waals surface area contributed by atoms with Gasteiger partial charge in [0.1, 0.15) is 0 Å². The number of hydrogen-bond acceptors (Lipinski definition) is 3. The van der Waals surface area contributed by atoms with Gasteiger partial charge in [-0.15, -0.1) is 0 Å². The van der Waals surface area contributed by atoms with Gasteiger partial charge in [-0.25, -0.2) is 0 Å². The van der Waals surface area contributed by atoms with Crippen molar-refractivity contribution in [2.75, 3.05) is 46.8 Å². The molecule has 19 heavy (non-hydrogen) atoms. The third-order valence-electron chi connectivity index (χ3n) is 5.26. The normalized spacial score (nSPS) is 25.3. The van der Waals surface area contributed by atoms with Crippen LogP contribution < -0.4 is 5.32 Å². The first-order valence-corrected chi connectivity index (χ1v) is 8.25. The summed E-state index contributed by atoms with van der Waals surface area (Å²) in [5.74, 6) is 0. The van der Waals surface area contributed by atoms with Gasteiger partial charge in [0.15, 0.2) is 0 Å². The fourth-order valence-electron chi connectivity index (χ4n) is 3.97. The Kier molecular flexibility index (Phi) is 5.67. The zero-order chi connectivity index (χ0) is 13.7. The highest BCUT2D eigenvalue weighted by Crippen LogP contribution is 2.38. The van der Waals surface area contributed by atoms with E-state index in [1.807, 2.05) is 0 Å². The molecule has 0 spiro atoms. The van der Waals surface area contributed by atoms with E-state index in [1.54, 1.807) is 0 Å². The second-order valence-corrected chi connectivity index (χ2v) is 6.96. The molecular weight excluding hydrogens is 234 g/mol. The van der Waals surface area contributed by atoms with Crippen molar-refractivity contribution in [3.8, 4) is 0 Å². The second-order valence-electron chi connectivity index (χ2n) is 6.96. The predicted molar refractivity (Wildman–Crippen MR) is 82.6 cm³/mol. The summed E-state index contributed by atoms with van der Waals surface area (Å²) in [7, 11) is 4.45. The third-order valence-corrected chi connectivity index (χ3v) is 5.26. The first-order valence-electron chi connectivity index (χ1n) is 8.25. The fourth-order valence-corrected chi connectivity index (χ4v) is 3.97. The molecule has 3 heteroatoms. The third kappa shape index (κ3) is 4.17. The van der Waals surface area contributed by atoms with Crippen molar-refractivity contribution in [3.05, 3.63) is 0 Å². The van der Waals surface area contributed by atoms with Gasteiger partial charge in [-0.1, -0.05) is 19.8 Å². The van der Waals surface area contributed by atoms with E-state index < -0.39 is 0 Å². The van der Waals surface area contributed by atoms with E-state index in [2.05, 4.69) is 36.1 Å². The molecule has 0 radical (unpaired) electrons. The smallest absolute Gasteiger partial charge is 0.0113 e. The molecule has 0 aromatic carbocycles. The van der Waals surface area contributed by atoms with Crippen LogP contribution in [0.3, 0.4) is 0 Å². The second kappa shape index (κ2) is 7.05. The summed E-state index contributed by atoms with van der Waals surface area (Å²) in [6.45, 7) is 8.51. The fraction of sp³-hybridized carbons (Fsp3) is 1.00. The highest BCUT2D eigenvalue weighted by Gasteiger charge is 2.36. The average Bonchev–Trinajstić information content (AvgIpc) is 2.86. The van der Waals surface area contributed by atoms with Crippen molar-refractivity contribution in [1.29, 1.82) is 0 Å². The van der Waals surface area contributed by atoms with E-state index in [0.717, 1.165) is 12.6 Å². The number of nitrogens with one attached hydrogen (secondary N) is 1. The Morgan fingerprint density at radius 3 is 2.32 bits per heavy atom. The van der Waals surface area contributed by atoms with Gasteiger partial charge >= 0.3 is 0 Å². The van der Waals surface area contributed by atoms with E-state index in [0.29, 0.717) is 5.41 Å². The topological polar surface area (TPSA) is 18.5 Å². The molecular formula is C16H33N3. The summed E-state index contributed by atoms with van der Waals surface area (Å²) in [5, 5.41) is 3.61. The molecule has 1 aliphatic heterocycles. The van der Waals surface area contributed by atoms with Crippen molar-refractivity contribution in [2.24, 2.45) is 5.41 Å². The maximum Gasteiger partial charge on any atom is 0.0113 e. The van der Waals surface area contributed by atoms with Crippen LogP contribution in [-0.4, -0.2) is 62.7 Å². The van der Waals surface area contributed by atoms with Crippen LogP contribution in [0.2, 0.25) is 0 Å². The summed E-state index contributed by atoms with van der Waals surface area (Å²) in [6.07, 6.45) is 8.47. The Labute approximate surface area is 119 Å². The van der Waals surface area contributed by atoms with Crippen LogP contribution in [0.4, 0.5) is 0 Å². The standard InChI is InChI=1S/C16H33N3/c1-4-17-13-16(9-5-6-10-16)14-19-11-7-15(8-12-19)18(2)3/h15,17H,4-14H2,1-3H3. The van der Waals surface area contributed by atoms with Crippen LogP contribution in [-0.2, 0) is 0 Å². The molecule has 112 valence electrons. The molecule has 2 fully saturated rings. The van der Waals surface area contributed by atoms with Crippen molar-refractivity contribution < 1.29 is 0 Å². The molecule has 0 aromatic heterocycles. The molecule has 1 saturated carbocycles. The van der Waals surface area contributed by atoms with Crippen molar-refractivity contribution in [3.63, 3.8) is 0 Å². The minimum atomic E-state index is 0.584. The summed E-state index contributed by atoms with van der Waals surface area (Å²) in [6, 6.07) is 0.810. The Morgan fingerprint density at radius 1 is 1.16 bits per heavy atom. The van der Waals surface area contributed by atoms with Gasteiger partial charge in [-0.3, -0.25) is 0 Å². The minimum absolute atomic E-state index is 0.584. The zero-order valence-corrected chi connectivity index (χ0v) is 13.2. The molecule has 2 aliphatic rings. The molecule has 0 amide bonds. The van der Waals surface area contributed by atoms with Crippen LogP contribution in [0.25, 0.3) is 0 Å². The number of likely N-dealkylation sites (tertiary alicyclic amines) is 1. The SMILES string of the molecule is CCNCC1(CN2CCC(N(C)C)CC2)CCCC1. The number of nitrogens with zero attached hydrogens (tertiary/aromatic N) is 2. The number of piperidine rings is 1. The van der Waals surface area contributed by atoms with E-state index in [4.69, 9.17) is 0 Å². The predicted octanol–water partition coefficient (Wildman–Crippen LogP) is 2.18. The molecule has 2 rings (SSSR count). The average molecular weight is 267 g/mol. The Morgan fingerprint density at radius 2 is 1.79 bits per heavy atom. The maximum absolute atomic E-state index is 3.61. The molecule has 0 unspecified atom stereocenters. The highest BCUT2D eigenvalue weighted by molar-refractivity contribution is 4.91. The van der Waals surface area contributed by atoms with Crippen molar-refractivity contribution in [2.45, 2.75) is 51.5 Å². The van der Waals surface area contributed by atoms with Crippen LogP contribution in [0, 0.1) is 5.41 Å². The molecule has 1 aliphatic carbocycles. The van der Waals surface area contributed by atoms with Gasteiger partial charge in [0, 0.05) is 19.1 Å². The van der Waals surface area contributed by atoms with Crippen LogP contribution in [0.5, 0.6) is 0 Å². The zero-order valence-electron chi connectivity index (χ0n) is 13.2. The lowest BCUT2D eigenvalue weighted by Gasteiger charge is -2.40. The van der Waals surface area contributed by atoms with Crippen LogP contribution in [0.15, 0.2) is 0 Å². The molecule has 1 saturated heterocycles. The summed E-state index contributed by atoms with van der Waals surface area (Å²) < 4.78 is 0. The molecule has 3 nitrogen and oxygen atoms in total. The van der Waals surface area contributed by atoms with Crippen LogP contribution in [0.1, 0.15) is 45.4 Å². The lowest BCUT2D eigenvalue weighted by Crippen LogP contribution is -2.48. The largest absolute Gasteiger partial charge is 0.316 e. The summed E-state index contributed by atoms with van der Waals surface area (Å²) in [5.41, 5.74) is 0.584. The number of hydrogen-bond donors (Lipinski definition) is 1. The van der Waals surface area contributed by atoms with E-state index in [1.165, 1.54) is 64.7 Å². The van der Waals surface area contributed by atoms with Gasteiger partial charge < -0.3 is 15.1 Å². The first kappa shape index (κ1) is 15.3. The Balaban J connectivity index is 1.82. The van der Waals surface area contributed by atoms with Gasteiger partial charge in [0.25, 0.3) is 0 Å². The van der Waals surface area contributed by atoms with E-state index in [9.17, 15) is 0 Å². The number of rotatable bonds is 6. The van der Waals surface area contributed by atoms with Crippen molar-refractivity contribution in [1.82, 2.24) is 15.1 Å². The minimum Gasteiger partial charge on any atom is -0.316 e. The molecule has 1 N–H and O–H groups in total. The van der Waals surface area contributed by atoms with Gasteiger partial charge in [-0.05, 0) is 64.8 Å². The first-order chi connectivity index (χ1) is 9.15. The van der Waals surface area contributed by atoms with Crippen molar-refractivity contribution >= 4 is 0 Å². The Bertz CT molecular complexity index is 251. The summed E-state index contributed by atoms with van der Waals surface area (Å²) in [4.78, 5) is 5.14. The molecule has 0 atom stereocenters. The monoisotopic (exact) mass is 267 g/mol. The van der Waals surface area contributed by atoms with Gasteiger partial charge in [-0.2, -0.15) is 0 Å². The van der Waals surface area contributed by atoms with E-state index >= 15 is 0 Å². The van der Waals surface area contributed by atoms with E-state index in [-0.39, 0.29) is 0 Å². The molecule has 1 heterocycles. The summed E-state index contributed by atoms with van der Waals surface area (Å²) >= 11 is 0. The quantitative estimate of drug-likeness (QED) is 0.796. The van der Waals surface area contributed by atoms with Crippen LogP contribution >= 0.6 is 0 Å². The van der Waals surface area contributed by atoms with Gasteiger partial charge in [0.2, 0.25) is 0 Å². The van der Waals surface area contributed by atoms with Gasteiger partial charge in [0.05, 0.1) is 0 Å². The molecule has 0 aromatic rings. The lowest BCUT2D eigenvalue weighted by atomic mass is 9.84. The highest BCUT2D eigenvalue weighted by atomic mass is 15.2. The molecule has 0 bridgehead atoms. The lowest BCUT2D eigenvalue weighted by molar-refractivity contribution is 0.0949. The Hall–Kier alpha value is -0.120.